The predicted molar refractivity (Wildman–Crippen MR) is 68.1 cm³/mol. The summed E-state index contributed by atoms with van der Waals surface area (Å²) in [5.74, 6) is 0. The fraction of sp³-hybridized carbons (Fsp3) is 0.300. The summed E-state index contributed by atoms with van der Waals surface area (Å²) >= 11 is 3.25. The SMILES string of the molecule is CNc1cnn(Cc2ccn(C)n2)c(=O)c1Br. The lowest BCUT2D eigenvalue weighted by atomic mass is 10.4. The Hall–Kier alpha value is -1.63. The molecule has 0 amide bonds. The van der Waals surface area contributed by atoms with Crippen LogP contribution in [-0.4, -0.2) is 26.6 Å². The van der Waals surface area contributed by atoms with E-state index < -0.39 is 0 Å². The molecule has 0 saturated heterocycles. The standard InChI is InChI=1S/C10H12BrN5O/c1-12-8-5-13-16(10(17)9(8)11)6-7-3-4-15(2)14-7/h3-5,12H,6H2,1-2H3. The Balaban J connectivity index is 2.34. The van der Waals surface area contributed by atoms with Gasteiger partial charge in [-0.3, -0.25) is 9.48 Å². The number of anilines is 1. The van der Waals surface area contributed by atoms with Crippen molar-refractivity contribution in [1.82, 2.24) is 19.6 Å². The molecule has 0 aliphatic rings. The molecule has 0 saturated carbocycles. The van der Waals surface area contributed by atoms with Gasteiger partial charge in [0, 0.05) is 20.3 Å². The Bertz CT molecular complexity index is 589. The molecule has 90 valence electrons. The highest BCUT2D eigenvalue weighted by Gasteiger charge is 2.08. The van der Waals surface area contributed by atoms with Crippen LogP contribution in [0.25, 0.3) is 0 Å². The number of hydrogen-bond donors (Lipinski definition) is 1. The van der Waals surface area contributed by atoms with E-state index in [2.05, 4.69) is 31.4 Å². The van der Waals surface area contributed by atoms with Gasteiger partial charge in [0.15, 0.2) is 0 Å². The number of aryl methyl sites for hydroxylation is 1. The summed E-state index contributed by atoms with van der Waals surface area (Å²) in [7, 11) is 3.57. The Labute approximate surface area is 106 Å². The van der Waals surface area contributed by atoms with Gasteiger partial charge in [-0.05, 0) is 22.0 Å². The molecule has 1 N–H and O–H groups in total. The topological polar surface area (TPSA) is 64.7 Å². The summed E-state index contributed by atoms with van der Waals surface area (Å²) in [6.45, 7) is 0.363. The molecule has 2 aromatic rings. The van der Waals surface area contributed by atoms with Crippen molar-refractivity contribution in [3.8, 4) is 0 Å². The van der Waals surface area contributed by atoms with Gasteiger partial charge in [-0.15, -0.1) is 0 Å². The summed E-state index contributed by atoms with van der Waals surface area (Å²) in [6, 6.07) is 1.86. The van der Waals surface area contributed by atoms with Crippen LogP contribution in [0.1, 0.15) is 5.69 Å². The van der Waals surface area contributed by atoms with Crippen LogP contribution in [0.15, 0.2) is 27.7 Å². The van der Waals surface area contributed by atoms with Crippen molar-refractivity contribution >= 4 is 21.6 Å². The molecule has 0 aliphatic heterocycles. The molecule has 6 nitrogen and oxygen atoms in total. The molecule has 0 aromatic carbocycles. The molecule has 2 aromatic heterocycles. The zero-order chi connectivity index (χ0) is 12.4. The van der Waals surface area contributed by atoms with Crippen LogP contribution in [-0.2, 0) is 13.6 Å². The first-order valence-corrected chi connectivity index (χ1v) is 5.83. The summed E-state index contributed by atoms with van der Waals surface area (Å²) < 4.78 is 3.54. The molecule has 0 atom stereocenters. The highest BCUT2D eigenvalue weighted by atomic mass is 79.9. The number of rotatable bonds is 3. The highest BCUT2D eigenvalue weighted by molar-refractivity contribution is 9.10. The van der Waals surface area contributed by atoms with E-state index >= 15 is 0 Å². The Morgan fingerprint density at radius 2 is 2.29 bits per heavy atom. The van der Waals surface area contributed by atoms with Gasteiger partial charge in [0.2, 0.25) is 0 Å². The van der Waals surface area contributed by atoms with Crippen molar-refractivity contribution in [2.45, 2.75) is 6.54 Å². The third kappa shape index (κ3) is 2.38. The summed E-state index contributed by atoms with van der Waals surface area (Å²) in [5.41, 5.74) is 1.29. The van der Waals surface area contributed by atoms with Gasteiger partial charge in [-0.25, -0.2) is 4.68 Å². The Morgan fingerprint density at radius 1 is 1.53 bits per heavy atom. The average Bonchev–Trinajstić information content (AvgIpc) is 2.71. The normalized spacial score (nSPS) is 10.5. The first kappa shape index (κ1) is 11.8. The van der Waals surface area contributed by atoms with Crippen molar-refractivity contribution in [3.05, 3.63) is 39.0 Å². The predicted octanol–water partition coefficient (Wildman–Crippen LogP) is 0.829. The number of nitrogens with one attached hydrogen (secondary N) is 1. The van der Waals surface area contributed by atoms with Crippen LogP contribution in [0.3, 0.4) is 0 Å². The van der Waals surface area contributed by atoms with E-state index in [9.17, 15) is 4.79 Å². The lowest BCUT2D eigenvalue weighted by Gasteiger charge is -2.06. The second kappa shape index (κ2) is 4.70. The number of halogens is 1. The number of hydrogen-bond acceptors (Lipinski definition) is 4. The Morgan fingerprint density at radius 3 is 2.88 bits per heavy atom. The minimum Gasteiger partial charge on any atom is -0.386 e. The van der Waals surface area contributed by atoms with Crippen molar-refractivity contribution in [2.24, 2.45) is 7.05 Å². The lowest BCUT2D eigenvalue weighted by molar-refractivity contribution is 0.612. The molecule has 17 heavy (non-hydrogen) atoms. The highest BCUT2D eigenvalue weighted by Crippen LogP contribution is 2.14. The maximum atomic E-state index is 11.9. The van der Waals surface area contributed by atoms with Crippen LogP contribution in [0.2, 0.25) is 0 Å². The van der Waals surface area contributed by atoms with E-state index in [0.29, 0.717) is 16.7 Å². The Kier molecular flexibility index (Phi) is 3.28. The van der Waals surface area contributed by atoms with E-state index in [-0.39, 0.29) is 5.56 Å². The molecule has 2 rings (SSSR count). The minimum absolute atomic E-state index is 0.178. The zero-order valence-corrected chi connectivity index (χ0v) is 11.1. The fourth-order valence-electron chi connectivity index (χ4n) is 1.45. The molecule has 0 unspecified atom stereocenters. The van der Waals surface area contributed by atoms with Crippen molar-refractivity contribution < 1.29 is 0 Å². The monoisotopic (exact) mass is 297 g/mol. The van der Waals surface area contributed by atoms with Crippen LogP contribution in [0, 0.1) is 0 Å². The van der Waals surface area contributed by atoms with E-state index in [1.54, 1.807) is 17.9 Å². The molecule has 2 heterocycles. The summed E-state index contributed by atoms with van der Waals surface area (Å²) in [5, 5.41) is 11.2. The van der Waals surface area contributed by atoms with Gasteiger partial charge < -0.3 is 5.32 Å². The number of aromatic nitrogens is 4. The van der Waals surface area contributed by atoms with Gasteiger partial charge in [0.25, 0.3) is 5.56 Å². The summed E-state index contributed by atoms with van der Waals surface area (Å²) in [4.78, 5) is 11.9. The fourth-order valence-corrected chi connectivity index (χ4v) is 1.96. The van der Waals surface area contributed by atoms with E-state index in [1.165, 1.54) is 4.68 Å². The van der Waals surface area contributed by atoms with Gasteiger partial charge in [-0.2, -0.15) is 10.2 Å². The average molecular weight is 298 g/mol. The van der Waals surface area contributed by atoms with E-state index in [1.807, 2.05) is 19.3 Å². The van der Waals surface area contributed by atoms with Gasteiger partial charge >= 0.3 is 0 Å². The van der Waals surface area contributed by atoms with Crippen molar-refractivity contribution in [2.75, 3.05) is 12.4 Å². The van der Waals surface area contributed by atoms with E-state index in [4.69, 9.17) is 0 Å². The number of nitrogens with zero attached hydrogens (tertiary/aromatic N) is 4. The molecule has 0 bridgehead atoms. The zero-order valence-electron chi connectivity index (χ0n) is 9.51. The quantitative estimate of drug-likeness (QED) is 0.911. The van der Waals surface area contributed by atoms with Gasteiger partial charge in [-0.1, -0.05) is 0 Å². The van der Waals surface area contributed by atoms with Crippen LogP contribution in [0.5, 0.6) is 0 Å². The molecule has 7 heteroatoms. The summed E-state index contributed by atoms with van der Waals surface area (Å²) in [6.07, 6.45) is 3.44. The molecular formula is C10H12BrN5O. The molecule has 0 spiro atoms. The van der Waals surface area contributed by atoms with Crippen molar-refractivity contribution in [1.29, 1.82) is 0 Å². The maximum Gasteiger partial charge on any atom is 0.283 e. The van der Waals surface area contributed by atoms with Crippen LogP contribution < -0.4 is 10.9 Å². The molecule has 0 aliphatic carbocycles. The van der Waals surface area contributed by atoms with Crippen LogP contribution in [0.4, 0.5) is 5.69 Å². The van der Waals surface area contributed by atoms with Gasteiger partial charge in [0.1, 0.15) is 4.47 Å². The van der Waals surface area contributed by atoms with Crippen molar-refractivity contribution in [3.63, 3.8) is 0 Å². The van der Waals surface area contributed by atoms with E-state index in [0.717, 1.165) is 5.69 Å². The minimum atomic E-state index is -0.178. The third-order valence-corrected chi connectivity index (χ3v) is 3.10. The molecule has 0 fully saturated rings. The molecule has 0 radical (unpaired) electrons. The smallest absolute Gasteiger partial charge is 0.283 e. The second-order valence-corrected chi connectivity index (χ2v) is 4.36. The second-order valence-electron chi connectivity index (χ2n) is 3.57. The maximum absolute atomic E-state index is 11.9. The largest absolute Gasteiger partial charge is 0.386 e. The van der Waals surface area contributed by atoms with Gasteiger partial charge in [0.05, 0.1) is 24.1 Å². The van der Waals surface area contributed by atoms with Crippen LogP contribution >= 0.6 is 15.9 Å². The first-order valence-electron chi connectivity index (χ1n) is 5.03. The third-order valence-electron chi connectivity index (χ3n) is 2.33. The molecular weight excluding hydrogens is 286 g/mol. The lowest BCUT2D eigenvalue weighted by Crippen LogP contribution is -2.25. The first-order chi connectivity index (χ1) is 8.11.